The molecule has 1 saturated carbocycles. The number of nitrogens with zero attached hydrogens (tertiary/aromatic N) is 2. The number of hydrogen-bond donors (Lipinski definition) is 0. The van der Waals surface area contributed by atoms with E-state index < -0.39 is 0 Å². The molecule has 0 radical (unpaired) electrons. The fourth-order valence-corrected chi connectivity index (χ4v) is 2.59. The second-order valence-corrected chi connectivity index (χ2v) is 4.92. The maximum absolute atomic E-state index is 2.71. The van der Waals surface area contributed by atoms with Crippen LogP contribution in [0.3, 0.4) is 0 Å². The van der Waals surface area contributed by atoms with Crippen molar-refractivity contribution < 1.29 is 0 Å². The van der Waals surface area contributed by atoms with Crippen LogP contribution in [-0.4, -0.2) is 49.1 Å². The van der Waals surface area contributed by atoms with Crippen molar-refractivity contribution in [3.63, 3.8) is 0 Å². The Morgan fingerprint density at radius 2 is 1.77 bits per heavy atom. The van der Waals surface area contributed by atoms with E-state index in [0.29, 0.717) is 0 Å². The highest BCUT2D eigenvalue weighted by molar-refractivity contribution is 4.86. The first-order chi connectivity index (χ1) is 6.25. The SMILES string of the molecule is CN1CCCN([C@H]2C[C@@H](C)C2)CC1. The molecular formula is C11H22N2. The third-order valence-electron chi connectivity index (χ3n) is 3.62. The molecule has 1 heterocycles. The van der Waals surface area contributed by atoms with Gasteiger partial charge in [0.2, 0.25) is 0 Å². The summed E-state index contributed by atoms with van der Waals surface area (Å²) in [5, 5.41) is 0. The molecule has 2 aliphatic rings. The van der Waals surface area contributed by atoms with Crippen LogP contribution >= 0.6 is 0 Å². The van der Waals surface area contributed by atoms with Gasteiger partial charge in [0.15, 0.2) is 0 Å². The molecule has 1 aliphatic heterocycles. The lowest BCUT2D eigenvalue weighted by Crippen LogP contribution is -2.45. The number of rotatable bonds is 1. The van der Waals surface area contributed by atoms with Crippen LogP contribution in [0.4, 0.5) is 0 Å². The Morgan fingerprint density at radius 3 is 2.46 bits per heavy atom. The van der Waals surface area contributed by atoms with Crippen LogP contribution in [0.5, 0.6) is 0 Å². The topological polar surface area (TPSA) is 6.48 Å². The molecule has 0 aromatic carbocycles. The number of hydrogen-bond acceptors (Lipinski definition) is 2. The summed E-state index contributed by atoms with van der Waals surface area (Å²) >= 11 is 0. The second-order valence-electron chi connectivity index (χ2n) is 4.92. The van der Waals surface area contributed by atoms with E-state index in [4.69, 9.17) is 0 Å². The predicted molar refractivity (Wildman–Crippen MR) is 55.9 cm³/mol. The lowest BCUT2D eigenvalue weighted by molar-refractivity contribution is 0.0902. The molecule has 0 spiro atoms. The summed E-state index contributed by atoms with van der Waals surface area (Å²) < 4.78 is 0. The van der Waals surface area contributed by atoms with E-state index in [2.05, 4.69) is 23.8 Å². The van der Waals surface area contributed by atoms with E-state index >= 15 is 0 Å². The highest BCUT2D eigenvalue weighted by Crippen LogP contribution is 2.31. The van der Waals surface area contributed by atoms with Crippen LogP contribution in [0, 0.1) is 5.92 Å². The van der Waals surface area contributed by atoms with Gasteiger partial charge in [-0.3, -0.25) is 4.90 Å². The van der Waals surface area contributed by atoms with Crippen LogP contribution in [0.15, 0.2) is 0 Å². The predicted octanol–water partition coefficient (Wildman–Crippen LogP) is 1.42. The Hall–Kier alpha value is -0.0800. The third-order valence-corrected chi connectivity index (χ3v) is 3.62. The second kappa shape index (κ2) is 3.97. The van der Waals surface area contributed by atoms with Gasteiger partial charge >= 0.3 is 0 Å². The lowest BCUT2D eigenvalue weighted by Gasteiger charge is -2.41. The van der Waals surface area contributed by atoms with Gasteiger partial charge in [0, 0.05) is 19.1 Å². The van der Waals surface area contributed by atoms with Gasteiger partial charge in [-0.1, -0.05) is 6.92 Å². The molecule has 0 aromatic heterocycles. The average molecular weight is 182 g/mol. The molecule has 2 fully saturated rings. The van der Waals surface area contributed by atoms with Gasteiger partial charge in [-0.15, -0.1) is 0 Å². The molecular weight excluding hydrogens is 160 g/mol. The van der Waals surface area contributed by atoms with E-state index in [1.807, 2.05) is 0 Å². The Bertz CT molecular complexity index is 163. The zero-order valence-corrected chi connectivity index (χ0v) is 9.00. The summed E-state index contributed by atoms with van der Waals surface area (Å²) in [6.45, 7) is 7.57. The monoisotopic (exact) mass is 182 g/mol. The Balaban J connectivity index is 1.79. The van der Waals surface area contributed by atoms with Crippen molar-refractivity contribution in [1.82, 2.24) is 9.80 Å². The molecule has 0 unspecified atom stereocenters. The molecule has 1 aliphatic carbocycles. The van der Waals surface area contributed by atoms with E-state index in [-0.39, 0.29) is 0 Å². The molecule has 1 saturated heterocycles. The molecule has 2 rings (SSSR count). The van der Waals surface area contributed by atoms with Gasteiger partial charge in [0.25, 0.3) is 0 Å². The molecule has 0 aromatic rings. The molecule has 76 valence electrons. The standard InChI is InChI=1S/C11H22N2/c1-10-8-11(9-10)13-5-3-4-12(2)6-7-13/h10-11H,3-9H2,1-2H3/t10-,11+. The Labute approximate surface area is 81.9 Å². The van der Waals surface area contributed by atoms with Gasteiger partial charge in [-0.25, -0.2) is 0 Å². The first-order valence-electron chi connectivity index (χ1n) is 5.68. The minimum absolute atomic E-state index is 0.932. The maximum Gasteiger partial charge on any atom is 0.0112 e. The van der Waals surface area contributed by atoms with Crippen LogP contribution in [-0.2, 0) is 0 Å². The summed E-state index contributed by atoms with van der Waals surface area (Å²) in [7, 11) is 2.24. The first kappa shape index (κ1) is 9.47. The van der Waals surface area contributed by atoms with Crippen molar-refractivity contribution in [2.45, 2.75) is 32.2 Å². The van der Waals surface area contributed by atoms with Crippen LogP contribution in [0.1, 0.15) is 26.2 Å². The van der Waals surface area contributed by atoms with Crippen molar-refractivity contribution >= 4 is 0 Å². The van der Waals surface area contributed by atoms with Gasteiger partial charge in [0.05, 0.1) is 0 Å². The highest BCUT2D eigenvalue weighted by atomic mass is 15.2. The van der Waals surface area contributed by atoms with Gasteiger partial charge in [-0.05, 0) is 45.3 Å². The van der Waals surface area contributed by atoms with Crippen LogP contribution in [0.25, 0.3) is 0 Å². The van der Waals surface area contributed by atoms with Crippen molar-refractivity contribution in [2.75, 3.05) is 33.2 Å². The normalized spacial score (nSPS) is 38.3. The number of likely N-dealkylation sites (N-methyl/N-ethyl adjacent to an activating group) is 1. The fourth-order valence-electron chi connectivity index (χ4n) is 2.59. The maximum atomic E-state index is 2.71. The summed E-state index contributed by atoms with van der Waals surface area (Å²) in [5.41, 5.74) is 0. The molecule has 2 nitrogen and oxygen atoms in total. The smallest absolute Gasteiger partial charge is 0.0112 e. The van der Waals surface area contributed by atoms with Crippen molar-refractivity contribution in [1.29, 1.82) is 0 Å². The highest BCUT2D eigenvalue weighted by Gasteiger charge is 2.30. The van der Waals surface area contributed by atoms with Gasteiger partial charge in [-0.2, -0.15) is 0 Å². The van der Waals surface area contributed by atoms with Crippen LogP contribution < -0.4 is 0 Å². The van der Waals surface area contributed by atoms with E-state index in [0.717, 1.165) is 12.0 Å². The quantitative estimate of drug-likeness (QED) is 0.605. The first-order valence-corrected chi connectivity index (χ1v) is 5.68. The summed E-state index contributed by atoms with van der Waals surface area (Å²) in [4.78, 5) is 5.17. The van der Waals surface area contributed by atoms with Gasteiger partial charge < -0.3 is 4.90 Å². The molecule has 0 bridgehead atoms. The largest absolute Gasteiger partial charge is 0.305 e. The minimum Gasteiger partial charge on any atom is -0.305 e. The summed E-state index contributed by atoms with van der Waals surface area (Å²) in [6, 6.07) is 0.932. The summed E-state index contributed by atoms with van der Waals surface area (Å²) in [5.74, 6) is 0.992. The van der Waals surface area contributed by atoms with Crippen molar-refractivity contribution in [3.8, 4) is 0 Å². The Morgan fingerprint density at radius 1 is 1.00 bits per heavy atom. The molecule has 0 amide bonds. The molecule has 0 N–H and O–H groups in total. The molecule has 13 heavy (non-hydrogen) atoms. The van der Waals surface area contributed by atoms with Gasteiger partial charge in [0.1, 0.15) is 0 Å². The van der Waals surface area contributed by atoms with Crippen LogP contribution in [0.2, 0.25) is 0 Å². The fraction of sp³-hybridized carbons (Fsp3) is 1.00. The van der Waals surface area contributed by atoms with Crippen molar-refractivity contribution in [2.24, 2.45) is 5.92 Å². The molecule has 0 atom stereocenters. The third kappa shape index (κ3) is 2.23. The zero-order valence-electron chi connectivity index (χ0n) is 9.00. The Kier molecular flexibility index (Phi) is 2.89. The van der Waals surface area contributed by atoms with E-state index in [1.54, 1.807) is 0 Å². The lowest BCUT2D eigenvalue weighted by atomic mass is 9.81. The molecule has 2 heteroatoms. The average Bonchev–Trinajstić information content (AvgIpc) is 2.25. The zero-order chi connectivity index (χ0) is 9.26. The summed E-state index contributed by atoms with van der Waals surface area (Å²) in [6.07, 6.45) is 4.26. The minimum atomic E-state index is 0.932. The van der Waals surface area contributed by atoms with Crippen molar-refractivity contribution in [3.05, 3.63) is 0 Å². The van der Waals surface area contributed by atoms with E-state index in [1.165, 1.54) is 45.4 Å². The van der Waals surface area contributed by atoms with E-state index in [9.17, 15) is 0 Å².